The van der Waals surface area contributed by atoms with Crippen LogP contribution in [-0.4, -0.2) is 38.1 Å². The first-order valence-corrected chi connectivity index (χ1v) is 10.6. The van der Waals surface area contributed by atoms with E-state index in [-0.39, 0.29) is 45.8 Å². The molecule has 2 aromatic rings. The number of ether oxygens (including phenoxy) is 7. The number of hydrogen-bond acceptors (Lipinski definition) is 11. The van der Waals surface area contributed by atoms with Crippen molar-refractivity contribution in [2.45, 2.75) is 33.8 Å². The van der Waals surface area contributed by atoms with Crippen LogP contribution < -0.4 is 28.4 Å². The molecule has 0 fully saturated rings. The predicted molar refractivity (Wildman–Crippen MR) is 123 cm³/mol. The lowest BCUT2D eigenvalue weighted by Crippen LogP contribution is -2.19. The molecule has 0 aliphatic carbocycles. The van der Waals surface area contributed by atoms with Crippen molar-refractivity contribution in [3.05, 3.63) is 41.2 Å². The smallest absolute Gasteiger partial charge is 0.308 e. The van der Waals surface area contributed by atoms with Gasteiger partial charge < -0.3 is 33.2 Å². The van der Waals surface area contributed by atoms with Crippen LogP contribution in [0.5, 0.6) is 34.5 Å². The van der Waals surface area contributed by atoms with Crippen LogP contribution in [0.25, 0.3) is 6.08 Å². The fourth-order valence-corrected chi connectivity index (χ4v) is 3.46. The fourth-order valence-electron chi connectivity index (χ4n) is 3.46. The average molecular weight is 500 g/mol. The zero-order valence-electron chi connectivity index (χ0n) is 20.5. The number of rotatable bonds is 7. The van der Waals surface area contributed by atoms with Crippen LogP contribution in [0.1, 0.15) is 44.9 Å². The van der Waals surface area contributed by atoms with E-state index >= 15 is 0 Å². The second kappa shape index (κ2) is 10.8. The standard InChI is InChI=1S/C25H24O11/c1-12(26)32-17-9-19(33-13(2)27)18-11-23(34-14(3)28)24(36-20(18)10-17)16-7-21(30-5)25(35-15(4)29)22(8-16)31-6/h7-11,24H,1-6H3. The Hall–Kier alpha value is -4.54. The molecular weight excluding hydrogens is 476 g/mol. The molecule has 1 aliphatic heterocycles. The van der Waals surface area contributed by atoms with Crippen LogP contribution >= 0.6 is 0 Å². The summed E-state index contributed by atoms with van der Waals surface area (Å²) < 4.78 is 38.0. The summed E-state index contributed by atoms with van der Waals surface area (Å²) in [7, 11) is 2.75. The number of benzene rings is 2. The van der Waals surface area contributed by atoms with E-state index in [1.165, 1.54) is 72.3 Å². The molecule has 0 saturated heterocycles. The Labute approximate surface area is 206 Å². The molecule has 190 valence electrons. The Morgan fingerprint density at radius 2 is 1.25 bits per heavy atom. The van der Waals surface area contributed by atoms with E-state index in [9.17, 15) is 19.2 Å². The number of fused-ring (bicyclic) bond motifs is 1. The molecule has 1 heterocycles. The van der Waals surface area contributed by atoms with Crippen molar-refractivity contribution in [2.75, 3.05) is 14.2 Å². The molecule has 0 amide bonds. The Morgan fingerprint density at radius 3 is 1.75 bits per heavy atom. The van der Waals surface area contributed by atoms with Crippen molar-refractivity contribution in [3.8, 4) is 34.5 Å². The molecule has 0 spiro atoms. The van der Waals surface area contributed by atoms with Crippen molar-refractivity contribution in [3.63, 3.8) is 0 Å². The molecule has 0 bridgehead atoms. The summed E-state index contributed by atoms with van der Waals surface area (Å²) in [5.74, 6) is -1.73. The maximum atomic E-state index is 11.9. The molecule has 0 aromatic heterocycles. The second-order valence-corrected chi connectivity index (χ2v) is 7.51. The lowest BCUT2D eigenvalue weighted by Gasteiger charge is -2.28. The monoisotopic (exact) mass is 500 g/mol. The lowest BCUT2D eigenvalue weighted by molar-refractivity contribution is -0.138. The van der Waals surface area contributed by atoms with Gasteiger partial charge in [-0.3, -0.25) is 19.2 Å². The van der Waals surface area contributed by atoms with Crippen molar-refractivity contribution in [2.24, 2.45) is 0 Å². The molecule has 1 aliphatic rings. The normalized spacial score (nSPS) is 13.8. The molecular formula is C25H24O11. The third kappa shape index (κ3) is 5.93. The molecule has 2 aromatic carbocycles. The van der Waals surface area contributed by atoms with Gasteiger partial charge in [0.15, 0.2) is 23.4 Å². The Balaban J connectivity index is 2.20. The highest BCUT2D eigenvalue weighted by molar-refractivity contribution is 5.79. The van der Waals surface area contributed by atoms with Gasteiger partial charge >= 0.3 is 23.9 Å². The van der Waals surface area contributed by atoms with Crippen molar-refractivity contribution < 1.29 is 52.3 Å². The van der Waals surface area contributed by atoms with Gasteiger partial charge in [0, 0.05) is 45.4 Å². The topological polar surface area (TPSA) is 133 Å². The molecule has 11 heteroatoms. The van der Waals surface area contributed by atoms with Gasteiger partial charge in [0.2, 0.25) is 5.75 Å². The van der Waals surface area contributed by atoms with Gasteiger partial charge in [-0.1, -0.05) is 0 Å². The van der Waals surface area contributed by atoms with Gasteiger partial charge in [0.05, 0.1) is 19.8 Å². The summed E-state index contributed by atoms with van der Waals surface area (Å²) in [6.45, 7) is 4.87. The summed E-state index contributed by atoms with van der Waals surface area (Å²) in [4.78, 5) is 46.7. The predicted octanol–water partition coefficient (Wildman–Crippen LogP) is 3.52. The summed E-state index contributed by atoms with van der Waals surface area (Å²) in [6, 6.07) is 5.82. The van der Waals surface area contributed by atoms with Crippen LogP contribution in [-0.2, 0) is 23.9 Å². The van der Waals surface area contributed by atoms with Crippen molar-refractivity contribution in [1.82, 2.24) is 0 Å². The minimum absolute atomic E-state index is 0.0275. The third-order valence-corrected chi connectivity index (χ3v) is 4.68. The SMILES string of the molecule is COc1cc(C2Oc3cc(OC(C)=O)cc(OC(C)=O)c3C=C2OC(C)=O)cc(OC)c1OC(C)=O. The number of carbonyl (C=O) groups is 4. The molecule has 11 nitrogen and oxygen atoms in total. The van der Waals surface area contributed by atoms with Gasteiger partial charge in [-0.15, -0.1) is 0 Å². The van der Waals surface area contributed by atoms with Gasteiger partial charge in [0.25, 0.3) is 0 Å². The quantitative estimate of drug-likeness (QED) is 0.408. The van der Waals surface area contributed by atoms with E-state index in [0.29, 0.717) is 5.56 Å². The molecule has 36 heavy (non-hydrogen) atoms. The first-order valence-electron chi connectivity index (χ1n) is 10.6. The first-order chi connectivity index (χ1) is 17.0. The lowest BCUT2D eigenvalue weighted by atomic mass is 10.0. The van der Waals surface area contributed by atoms with Crippen molar-refractivity contribution >= 4 is 30.0 Å². The average Bonchev–Trinajstić information content (AvgIpc) is 2.77. The Bertz CT molecular complexity index is 1230. The zero-order valence-corrected chi connectivity index (χ0v) is 20.5. The zero-order chi connectivity index (χ0) is 26.6. The van der Waals surface area contributed by atoms with Crippen molar-refractivity contribution in [1.29, 1.82) is 0 Å². The van der Waals surface area contributed by atoms with E-state index in [1.807, 2.05) is 0 Å². The van der Waals surface area contributed by atoms with E-state index in [1.54, 1.807) is 0 Å². The summed E-state index contributed by atoms with van der Waals surface area (Å²) in [5.41, 5.74) is 0.689. The van der Waals surface area contributed by atoms with Gasteiger partial charge in [-0.2, -0.15) is 0 Å². The highest BCUT2D eigenvalue weighted by atomic mass is 16.6. The van der Waals surface area contributed by atoms with Crippen LogP contribution in [0.2, 0.25) is 0 Å². The molecule has 0 radical (unpaired) electrons. The Kier molecular flexibility index (Phi) is 7.83. The summed E-state index contributed by atoms with van der Waals surface area (Å²) >= 11 is 0. The molecule has 3 rings (SSSR count). The fraction of sp³-hybridized carbons (Fsp3) is 0.280. The van der Waals surface area contributed by atoms with E-state index < -0.39 is 30.0 Å². The molecule has 0 N–H and O–H groups in total. The van der Waals surface area contributed by atoms with Gasteiger partial charge in [-0.25, -0.2) is 0 Å². The number of hydrogen-bond donors (Lipinski definition) is 0. The molecule has 1 atom stereocenters. The highest BCUT2D eigenvalue weighted by Crippen LogP contribution is 2.47. The minimum Gasteiger partial charge on any atom is -0.493 e. The first kappa shape index (κ1) is 26.1. The minimum atomic E-state index is -1.02. The van der Waals surface area contributed by atoms with E-state index in [0.717, 1.165) is 0 Å². The van der Waals surface area contributed by atoms with Crippen LogP contribution in [0.3, 0.4) is 0 Å². The third-order valence-electron chi connectivity index (χ3n) is 4.68. The second-order valence-electron chi connectivity index (χ2n) is 7.51. The molecule has 0 saturated carbocycles. The van der Waals surface area contributed by atoms with E-state index in [4.69, 9.17) is 33.2 Å². The number of methoxy groups -OCH3 is 2. The van der Waals surface area contributed by atoms with Gasteiger partial charge in [-0.05, 0) is 18.2 Å². The highest BCUT2D eigenvalue weighted by Gasteiger charge is 2.32. The maximum absolute atomic E-state index is 11.9. The Morgan fingerprint density at radius 1 is 0.694 bits per heavy atom. The molecule has 1 unspecified atom stereocenters. The summed E-state index contributed by atoms with van der Waals surface area (Å²) in [6.07, 6.45) is 0.452. The summed E-state index contributed by atoms with van der Waals surface area (Å²) in [5, 5.41) is 0. The van der Waals surface area contributed by atoms with Crippen LogP contribution in [0.15, 0.2) is 30.0 Å². The maximum Gasteiger partial charge on any atom is 0.308 e. The largest absolute Gasteiger partial charge is 0.493 e. The number of carbonyl (C=O) groups excluding carboxylic acids is 4. The van der Waals surface area contributed by atoms with Crippen LogP contribution in [0.4, 0.5) is 0 Å². The van der Waals surface area contributed by atoms with Gasteiger partial charge in [0.1, 0.15) is 17.2 Å². The number of esters is 4. The van der Waals surface area contributed by atoms with Crippen LogP contribution in [0, 0.1) is 0 Å². The van der Waals surface area contributed by atoms with E-state index in [2.05, 4.69) is 0 Å².